The van der Waals surface area contributed by atoms with Crippen LogP contribution in [0.15, 0.2) is 0 Å². The van der Waals surface area contributed by atoms with Crippen molar-refractivity contribution in [1.29, 1.82) is 0 Å². The summed E-state index contributed by atoms with van der Waals surface area (Å²) in [5, 5.41) is 3.99. The largest absolute Gasteiger partial charge is 0.317 e. The number of nitrogens with one attached hydrogen (secondary N) is 1. The molecule has 1 aliphatic rings. The van der Waals surface area contributed by atoms with Gasteiger partial charge in [0.05, 0.1) is 4.88 Å². The first-order valence-corrected chi connectivity index (χ1v) is 8.39. The summed E-state index contributed by atoms with van der Waals surface area (Å²) in [7, 11) is 0. The Hall–Kier alpha value is 0.130. The van der Waals surface area contributed by atoms with Crippen LogP contribution in [0.25, 0.3) is 0 Å². The summed E-state index contributed by atoms with van der Waals surface area (Å²) in [5.41, 5.74) is 0. The van der Waals surface area contributed by atoms with Crippen LogP contribution in [-0.2, 0) is 6.54 Å². The summed E-state index contributed by atoms with van der Waals surface area (Å²) < 4.78 is 0.537. The van der Waals surface area contributed by atoms with Gasteiger partial charge in [0.15, 0.2) is 4.47 Å². The zero-order chi connectivity index (χ0) is 13.8. The summed E-state index contributed by atoms with van der Waals surface area (Å²) in [6.45, 7) is 8.69. The zero-order valence-corrected chi connectivity index (χ0v) is 13.8. The molecular formula is C13H21Cl2N3S. The standard InChI is InChI=1S/C13H21Cl2N3S/c1-9(2)7-18(10-3-5-16-6-4-10)8-11-12(14)17-13(15)19-11/h9-10,16H,3-8H2,1-2H3. The number of thiazole rings is 1. The van der Waals surface area contributed by atoms with Gasteiger partial charge < -0.3 is 5.32 Å². The van der Waals surface area contributed by atoms with Gasteiger partial charge in [-0.05, 0) is 31.8 Å². The second-order valence-electron chi connectivity index (χ2n) is 5.49. The van der Waals surface area contributed by atoms with E-state index in [0.29, 0.717) is 21.6 Å². The Morgan fingerprint density at radius 2 is 2.05 bits per heavy atom. The Morgan fingerprint density at radius 1 is 1.37 bits per heavy atom. The predicted octanol–water partition coefficient (Wildman–Crippen LogP) is 3.66. The number of piperidine rings is 1. The van der Waals surface area contributed by atoms with Crippen molar-refractivity contribution >= 4 is 34.5 Å². The van der Waals surface area contributed by atoms with Crippen molar-refractivity contribution < 1.29 is 0 Å². The number of rotatable bonds is 5. The highest BCUT2D eigenvalue weighted by atomic mass is 35.5. The third-order valence-electron chi connectivity index (χ3n) is 3.39. The average molecular weight is 322 g/mol. The van der Waals surface area contributed by atoms with Crippen molar-refractivity contribution in [1.82, 2.24) is 15.2 Å². The Labute approximate surface area is 129 Å². The SMILES string of the molecule is CC(C)CN(Cc1sc(Cl)nc1Cl)C1CCNCC1. The third kappa shape index (κ3) is 4.57. The molecule has 2 rings (SSSR count). The van der Waals surface area contributed by atoms with E-state index in [2.05, 4.69) is 29.0 Å². The van der Waals surface area contributed by atoms with Crippen molar-refractivity contribution in [2.45, 2.75) is 39.3 Å². The van der Waals surface area contributed by atoms with Gasteiger partial charge in [-0.1, -0.05) is 37.0 Å². The van der Waals surface area contributed by atoms with Crippen molar-refractivity contribution in [3.63, 3.8) is 0 Å². The Kier molecular flexibility index (Phi) is 5.90. The zero-order valence-electron chi connectivity index (χ0n) is 11.5. The van der Waals surface area contributed by atoms with E-state index >= 15 is 0 Å². The van der Waals surface area contributed by atoms with Crippen molar-refractivity contribution in [2.24, 2.45) is 5.92 Å². The number of hydrogen-bond acceptors (Lipinski definition) is 4. The Morgan fingerprint density at radius 3 is 2.58 bits per heavy atom. The number of hydrogen-bond donors (Lipinski definition) is 1. The maximum absolute atomic E-state index is 6.14. The molecule has 1 aliphatic heterocycles. The van der Waals surface area contributed by atoms with Crippen LogP contribution < -0.4 is 5.32 Å². The first kappa shape index (κ1) is 15.5. The molecule has 1 fully saturated rings. The minimum Gasteiger partial charge on any atom is -0.317 e. The maximum atomic E-state index is 6.14. The van der Waals surface area contributed by atoms with E-state index in [0.717, 1.165) is 31.1 Å². The highest BCUT2D eigenvalue weighted by Gasteiger charge is 2.23. The molecule has 1 aromatic rings. The minimum absolute atomic E-state index is 0.537. The molecule has 0 atom stereocenters. The molecule has 0 unspecified atom stereocenters. The summed E-state index contributed by atoms with van der Waals surface area (Å²) in [5.74, 6) is 0.650. The van der Waals surface area contributed by atoms with Crippen LogP contribution in [0.5, 0.6) is 0 Å². The molecule has 3 nitrogen and oxygen atoms in total. The lowest BCUT2D eigenvalue weighted by atomic mass is 10.0. The molecule has 2 heterocycles. The topological polar surface area (TPSA) is 28.2 Å². The average Bonchev–Trinajstić information content (AvgIpc) is 2.67. The highest BCUT2D eigenvalue weighted by molar-refractivity contribution is 7.16. The molecule has 19 heavy (non-hydrogen) atoms. The first-order valence-electron chi connectivity index (χ1n) is 6.81. The second-order valence-corrected chi connectivity index (χ2v) is 7.51. The molecule has 6 heteroatoms. The molecule has 0 bridgehead atoms. The normalized spacial score (nSPS) is 17.6. The van der Waals surface area contributed by atoms with Gasteiger partial charge in [0, 0.05) is 19.1 Å². The van der Waals surface area contributed by atoms with Crippen molar-refractivity contribution in [2.75, 3.05) is 19.6 Å². The Bertz CT molecular complexity index is 403. The lowest BCUT2D eigenvalue weighted by molar-refractivity contribution is 0.138. The molecule has 108 valence electrons. The molecule has 0 aliphatic carbocycles. The molecular weight excluding hydrogens is 301 g/mol. The summed E-state index contributed by atoms with van der Waals surface area (Å²) in [6, 6.07) is 0.639. The van der Waals surface area contributed by atoms with Gasteiger partial charge in [-0.3, -0.25) is 4.90 Å². The Balaban J connectivity index is 2.06. The van der Waals surface area contributed by atoms with E-state index in [9.17, 15) is 0 Å². The van der Waals surface area contributed by atoms with Crippen molar-refractivity contribution in [3.05, 3.63) is 14.5 Å². The molecule has 0 radical (unpaired) electrons. The summed E-state index contributed by atoms with van der Waals surface area (Å²) >= 11 is 13.6. The molecule has 0 saturated carbocycles. The second kappa shape index (κ2) is 7.23. The molecule has 1 saturated heterocycles. The third-order valence-corrected chi connectivity index (χ3v) is 4.96. The number of aromatic nitrogens is 1. The van der Waals surface area contributed by atoms with Crippen LogP contribution in [-0.4, -0.2) is 35.6 Å². The molecule has 0 aromatic carbocycles. The van der Waals surface area contributed by atoms with Crippen LogP contribution in [0.4, 0.5) is 0 Å². The number of halogens is 2. The van der Waals surface area contributed by atoms with E-state index in [1.165, 1.54) is 24.2 Å². The van der Waals surface area contributed by atoms with Gasteiger partial charge in [-0.15, -0.1) is 11.3 Å². The number of nitrogens with zero attached hydrogens (tertiary/aromatic N) is 2. The predicted molar refractivity (Wildman–Crippen MR) is 83.3 cm³/mol. The van der Waals surface area contributed by atoms with Crippen LogP contribution >= 0.6 is 34.5 Å². The van der Waals surface area contributed by atoms with Crippen LogP contribution in [0.2, 0.25) is 9.62 Å². The molecule has 1 N–H and O–H groups in total. The monoisotopic (exact) mass is 321 g/mol. The summed E-state index contributed by atoms with van der Waals surface area (Å²) in [6.07, 6.45) is 2.41. The maximum Gasteiger partial charge on any atom is 0.185 e. The van der Waals surface area contributed by atoms with E-state index in [4.69, 9.17) is 23.2 Å². The van der Waals surface area contributed by atoms with E-state index in [1.807, 2.05) is 0 Å². The van der Waals surface area contributed by atoms with E-state index < -0.39 is 0 Å². The molecule has 0 amide bonds. The fourth-order valence-corrected chi connectivity index (χ4v) is 3.99. The van der Waals surface area contributed by atoms with Crippen LogP contribution in [0.1, 0.15) is 31.6 Å². The first-order chi connectivity index (χ1) is 9.06. The molecule has 1 aromatic heterocycles. The van der Waals surface area contributed by atoms with Crippen molar-refractivity contribution in [3.8, 4) is 0 Å². The van der Waals surface area contributed by atoms with E-state index in [1.54, 1.807) is 0 Å². The minimum atomic E-state index is 0.537. The van der Waals surface area contributed by atoms with Gasteiger partial charge in [0.1, 0.15) is 5.15 Å². The van der Waals surface area contributed by atoms with Crippen LogP contribution in [0.3, 0.4) is 0 Å². The fraction of sp³-hybridized carbons (Fsp3) is 0.769. The van der Waals surface area contributed by atoms with Crippen LogP contribution in [0, 0.1) is 5.92 Å². The van der Waals surface area contributed by atoms with Gasteiger partial charge >= 0.3 is 0 Å². The van der Waals surface area contributed by atoms with Gasteiger partial charge in [0.25, 0.3) is 0 Å². The van der Waals surface area contributed by atoms with Gasteiger partial charge in [0.2, 0.25) is 0 Å². The molecule has 0 spiro atoms. The lowest BCUT2D eigenvalue weighted by Gasteiger charge is -2.35. The lowest BCUT2D eigenvalue weighted by Crippen LogP contribution is -2.44. The highest BCUT2D eigenvalue weighted by Crippen LogP contribution is 2.29. The quantitative estimate of drug-likeness (QED) is 0.897. The van der Waals surface area contributed by atoms with E-state index in [-0.39, 0.29) is 0 Å². The van der Waals surface area contributed by atoms with Gasteiger partial charge in [-0.2, -0.15) is 0 Å². The smallest absolute Gasteiger partial charge is 0.185 e. The van der Waals surface area contributed by atoms with Gasteiger partial charge in [-0.25, -0.2) is 4.98 Å². The summed E-state index contributed by atoms with van der Waals surface area (Å²) in [4.78, 5) is 7.73. The fourth-order valence-electron chi connectivity index (χ4n) is 2.57.